The van der Waals surface area contributed by atoms with E-state index >= 15 is 0 Å². The quantitative estimate of drug-likeness (QED) is 0.321. The van der Waals surface area contributed by atoms with Crippen LogP contribution in [0.4, 0.5) is 27.6 Å². The second kappa shape index (κ2) is 7.29. The highest BCUT2D eigenvalue weighted by Gasteiger charge is 2.23. The Hall–Kier alpha value is -2.63. The molecule has 0 unspecified atom stereocenters. The molecule has 0 aliphatic carbocycles. The van der Waals surface area contributed by atoms with Crippen LogP contribution in [0.3, 0.4) is 0 Å². The Morgan fingerprint density at radius 1 is 0.667 bits per heavy atom. The van der Waals surface area contributed by atoms with E-state index in [1.165, 1.54) is 12.2 Å². The molecule has 126 valence electrons. The first-order valence-electron chi connectivity index (χ1n) is 6.96. The van der Waals surface area contributed by atoms with Gasteiger partial charge in [-0.25, -0.2) is 22.0 Å². The molecule has 0 aliphatic rings. The first-order chi connectivity index (χ1) is 11.3. The monoisotopic (exact) mass is 339 g/mol. The van der Waals surface area contributed by atoms with Gasteiger partial charge in [0.25, 0.3) is 0 Å². The second-order valence-electron chi connectivity index (χ2n) is 5.19. The lowest BCUT2D eigenvalue weighted by Crippen LogP contribution is -2.07. The van der Waals surface area contributed by atoms with Crippen molar-refractivity contribution in [2.45, 2.75) is 0 Å². The largest absolute Gasteiger partial charge is 0.378 e. The minimum absolute atomic E-state index is 0.822. The molecule has 0 aromatic heterocycles. The van der Waals surface area contributed by atoms with Crippen LogP contribution in [0.25, 0.3) is 12.2 Å². The third-order valence-corrected chi connectivity index (χ3v) is 3.32. The number of anilines is 1. The Bertz CT molecular complexity index is 763. The lowest BCUT2D eigenvalue weighted by atomic mass is 10.1. The van der Waals surface area contributed by atoms with Crippen LogP contribution in [0.2, 0.25) is 0 Å². The Balaban J connectivity index is 2.20. The zero-order valence-corrected chi connectivity index (χ0v) is 13.0. The summed E-state index contributed by atoms with van der Waals surface area (Å²) in [5.74, 6) is -9.80. The molecule has 0 aliphatic heterocycles. The van der Waals surface area contributed by atoms with E-state index in [4.69, 9.17) is 0 Å². The summed E-state index contributed by atoms with van der Waals surface area (Å²) in [6.45, 7) is 0. The molecular weight excluding hydrogens is 325 g/mol. The highest BCUT2D eigenvalue weighted by molar-refractivity contribution is 5.60. The molecule has 2 aromatic rings. The molecule has 0 N–H and O–H groups in total. The van der Waals surface area contributed by atoms with E-state index in [1.807, 2.05) is 43.3 Å². The average Bonchev–Trinajstić information content (AvgIpc) is 2.58. The first kappa shape index (κ1) is 17.7. The third kappa shape index (κ3) is 3.64. The van der Waals surface area contributed by atoms with E-state index < -0.39 is 34.6 Å². The fourth-order valence-corrected chi connectivity index (χ4v) is 1.97. The number of benzene rings is 2. The van der Waals surface area contributed by atoms with Crippen molar-refractivity contribution >= 4 is 17.8 Å². The summed E-state index contributed by atoms with van der Waals surface area (Å²) in [6.07, 6.45) is 5.13. The second-order valence-corrected chi connectivity index (χ2v) is 5.19. The number of hydrogen-bond acceptors (Lipinski definition) is 1. The SMILES string of the molecule is CN(C)c1ccc(/C=C/C=C/c2c(F)c(F)c(F)c(F)c2F)cc1. The van der Waals surface area contributed by atoms with Crippen LogP contribution in [0.1, 0.15) is 11.1 Å². The molecule has 0 spiro atoms. The topological polar surface area (TPSA) is 3.24 Å². The van der Waals surface area contributed by atoms with Gasteiger partial charge in [0.05, 0.1) is 5.56 Å². The fourth-order valence-electron chi connectivity index (χ4n) is 1.97. The molecule has 0 saturated heterocycles. The van der Waals surface area contributed by atoms with Crippen molar-refractivity contribution in [3.63, 3.8) is 0 Å². The average molecular weight is 339 g/mol. The van der Waals surface area contributed by atoms with E-state index in [1.54, 1.807) is 6.08 Å². The minimum atomic E-state index is -2.17. The minimum Gasteiger partial charge on any atom is -0.378 e. The number of halogens is 5. The van der Waals surface area contributed by atoms with Crippen molar-refractivity contribution in [2.75, 3.05) is 19.0 Å². The molecule has 2 rings (SSSR count). The predicted octanol–water partition coefficient (Wildman–Crippen LogP) is 5.17. The standard InChI is InChI=1S/C18H14F5N/c1-24(2)12-9-7-11(8-10-12)5-3-4-6-13-14(19)16(21)18(23)17(22)15(13)20/h3-10H,1-2H3/b5-3+,6-4+. The van der Waals surface area contributed by atoms with E-state index in [0.29, 0.717) is 0 Å². The first-order valence-corrected chi connectivity index (χ1v) is 6.96. The Labute approximate surface area is 136 Å². The van der Waals surface area contributed by atoms with Crippen LogP contribution >= 0.6 is 0 Å². The van der Waals surface area contributed by atoms with Crippen LogP contribution in [0, 0.1) is 29.1 Å². The molecular formula is C18H14F5N. The van der Waals surface area contributed by atoms with Gasteiger partial charge in [-0.2, -0.15) is 0 Å². The van der Waals surface area contributed by atoms with Gasteiger partial charge in [0, 0.05) is 19.8 Å². The molecule has 0 amide bonds. The van der Waals surface area contributed by atoms with Gasteiger partial charge in [-0.1, -0.05) is 30.4 Å². The van der Waals surface area contributed by atoms with Crippen LogP contribution in [0.5, 0.6) is 0 Å². The van der Waals surface area contributed by atoms with Crippen LogP contribution < -0.4 is 4.90 Å². The lowest BCUT2D eigenvalue weighted by Gasteiger charge is -2.11. The van der Waals surface area contributed by atoms with Crippen LogP contribution in [-0.2, 0) is 0 Å². The summed E-state index contributed by atoms with van der Waals surface area (Å²) in [6, 6.07) is 7.43. The summed E-state index contributed by atoms with van der Waals surface area (Å²) in [5.41, 5.74) is 0.853. The molecule has 6 heteroatoms. The molecule has 24 heavy (non-hydrogen) atoms. The summed E-state index contributed by atoms with van der Waals surface area (Å²) < 4.78 is 66.0. The maximum Gasteiger partial charge on any atom is 0.200 e. The normalized spacial score (nSPS) is 11.6. The Morgan fingerprint density at radius 2 is 1.12 bits per heavy atom. The molecule has 0 heterocycles. The van der Waals surface area contributed by atoms with E-state index in [2.05, 4.69) is 0 Å². The summed E-state index contributed by atoms with van der Waals surface area (Å²) >= 11 is 0. The Morgan fingerprint density at radius 3 is 1.62 bits per heavy atom. The molecule has 0 bridgehead atoms. The van der Waals surface area contributed by atoms with Crippen molar-refractivity contribution in [3.05, 3.63) is 76.6 Å². The van der Waals surface area contributed by atoms with Gasteiger partial charge in [-0.05, 0) is 23.8 Å². The summed E-state index contributed by atoms with van der Waals surface area (Å²) in [7, 11) is 3.80. The van der Waals surface area contributed by atoms with E-state index in [0.717, 1.165) is 17.3 Å². The van der Waals surface area contributed by atoms with Gasteiger partial charge < -0.3 is 4.90 Å². The smallest absolute Gasteiger partial charge is 0.200 e. The van der Waals surface area contributed by atoms with Crippen LogP contribution in [-0.4, -0.2) is 14.1 Å². The van der Waals surface area contributed by atoms with Crippen molar-refractivity contribution in [2.24, 2.45) is 0 Å². The highest BCUT2D eigenvalue weighted by atomic mass is 19.2. The fraction of sp³-hybridized carbons (Fsp3) is 0.111. The van der Waals surface area contributed by atoms with Gasteiger partial charge >= 0.3 is 0 Å². The van der Waals surface area contributed by atoms with Gasteiger partial charge in [0.1, 0.15) is 0 Å². The van der Waals surface area contributed by atoms with Crippen molar-refractivity contribution in [1.29, 1.82) is 0 Å². The zero-order valence-electron chi connectivity index (χ0n) is 13.0. The molecule has 0 radical (unpaired) electrons. The number of nitrogens with zero attached hydrogens (tertiary/aromatic N) is 1. The summed E-state index contributed by atoms with van der Waals surface area (Å²) in [4.78, 5) is 1.93. The Kier molecular flexibility index (Phi) is 5.39. The van der Waals surface area contributed by atoms with E-state index in [9.17, 15) is 22.0 Å². The molecule has 0 fully saturated rings. The zero-order chi connectivity index (χ0) is 17.9. The highest BCUT2D eigenvalue weighted by Crippen LogP contribution is 2.24. The molecule has 0 saturated carbocycles. The number of allylic oxidation sites excluding steroid dienone is 2. The maximum absolute atomic E-state index is 13.5. The molecule has 0 atom stereocenters. The van der Waals surface area contributed by atoms with Gasteiger partial charge in [0.2, 0.25) is 5.82 Å². The van der Waals surface area contributed by atoms with Crippen molar-refractivity contribution < 1.29 is 22.0 Å². The molecule has 2 aromatic carbocycles. The molecule has 1 nitrogen and oxygen atoms in total. The van der Waals surface area contributed by atoms with Gasteiger partial charge in [-0.15, -0.1) is 0 Å². The predicted molar refractivity (Wildman–Crippen MR) is 85.1 cm³/mol. The van der Waals surface area contributed by atoms with Gasteiger partial charge in [-0.3, -0.25) is 0 Å². The van der Waals surface area contributed by atoms with Crippen molar-refractivity contribution in [3.8, 4) is 0 Å². The summed E-state index contributed by atoms with van der Waals surface area (Å²) in [5, 5.41) is 0. The van der Waals surface area contributed by atoms with E-state index in [-0.39, 0.29) is 0 Å². The van der Waals surface area contributed by atoms with Crippen molar-refractivity contribution in [1.82, 2.24) is 0 Å². The maximum atomic E-state index is 13.5. The lowest BCUT2D eigenvalue weighted by molar-refractivity contribution is 0.377. The number of hydrogen-bond donors (Lipinski definition) is 0. The van der Waals surface area contributed by atoms with Crippen LogP contribution in [0.15, 0.2) is 36.4 Å². The third-order valence-electron chi connectivity index (χ3n) is 3.32. The van der Waals surface area contributed by atoms with Gasteiger partial charge in [0.15, 0.2) is 23.3 Å². The number of rotatable bonds is 4.